The predicted molar refractivity (Wildman–Crippen MR) is 115 cm³/mol. The highest BCUT2D eigenvalue weighted by molar-refractivity contribution is 7.89. The molecular weight excluding hydrogens is 418 g/mol. The van der Waals surface area contributed by atoms with Crippen LogP contribution in [-0.2, 0) is 21.3 Å². The molecule has 1 aromatic heterocycles. The van der Waals surface area contributed by atoms with Gasteiger partial charge in [-0.1, -0.05) is 49.3 Å². The molecule has 31 heavy (non-hydrogen) atoms. The van der Waals surface area contributed by atoms with Gasteiger partial charge in [0.2, 0.25) is 21.7 Å². The van der Waals surface area contributed by atoms with E-state index in [2.05, 4.69) is 28.7 Å². The fourth-order valence-corrected chi connectivity index (χ4v) is 4.39. The van der Waals surface area contributed by atoms with Crippen LogP contribution >= 0.6 is 0 Å². The number of aryl methyl sites for hydroxylation is 1. The molecule has 3 aromatic rings. The van der Waals surface area contributed by atoms with Crippen molar-refractivity contribution in [3.63, 3.8) is 0 Å². The predicted octanol–water partition coefficient (Wildman–Crippen LogP) is 3.78. The molecule has 0 radical (unpaired) electrons. The summed E-state index contributed by atoms with van der Waals surface area (Å²) in [7, 11) is -1.25. The Morgan fingerprint density at radius 1 is 1.16 bits per heavy atom. The number of hydrogen-bond acceptors (Lipinski definition) is 7. The normalized spacial score (nSPS) is 11.8. The van der Waals surface area contributed by atoms with Gasteiger partial charge >= 0.3 is 5.97 Å². The number of benzene rings is 2. The zero-order chi connectivity index (χ0) is 22.8. The lowest BCUT2D eigenvalue weighted by molar-refractivity contribution is 0.0600. The highest BCUT2D eigenvalue weighted by Gasteiger charge is 2.26. The summed E-state index contributed by atoms with van der Waals surface area (Å²) in [6.07, 6.45) is 0. The molecule has 164 valence electrons. The standard InChI is InChI=1S/C22H25N3O5S/c1-14(2)16-8-10-17(11-9-16)21-23-20(30-24-21)13-25(4)31(27,28)19-12-18(22(26)29-5)7-6-15(19)3/h6-12,14H,13H2,1-5H3. The summed E-state index contributed by atoms with van der Waals surface area (Å²) in [4.78, 5) is 16.1. The van der Waals surface area contributed by atoms with Gasteiger partial charge in [0.1, 0.15) is 0 Å². The van der Waals surface area contributed by atoms with E-state index in [4.69, 9.17) is 4.52 Å². The van der Waals surface area contributed by atoms with Crippen LogP contribution in [0.2, 0.25) is 0 Å². The monoisotopic (exact) mass is 443 g/mol. The molecular formula is C22H25N3O5S. The number of sulfonamides is 1. The van der Waals surface area contributed by atoms with Gasteiger partial charge in [0.25, 0.3) is 0 Å². The van der Waals surface area contributed by atoms with Crippen LogP contribution in [0.4, 0.5) is 0 Å². The lowest BCUT2D eigenvalue weighted by Gasteiger charge is -2.17. The first kappa shape index (κ1) is 22.6. The van der Waals surface area contributed by atoms with E-state index in [9.17, 15) is 13.2 Å². The van der Waals surface area contributed by atoms with Crippen LogP contribution < -0.4 is 0 Å². The minimum atomic E-state index is -3.90. The van der Waals surface area contributed by atoms with E-state index in [0.29, 0.717) is 17.3 Å². The van der Waals surface area contributed by atoms with Gasteiger partial charge in [-0.05, 0) is 36.1 Å². The second-order valence-corrected chi connectivity index (χ2v) is 9.53. The van der Waals surface area contributed by atoms with Crippen molar-refractivity contribution in [1.29, 1.82) is 0 Å². The largest absolute Gasteiger partial charge is 0.465 e. The molecule has 9 heteroatoms. The third-order valence-corrected chi connectivity index (χ3v) is 6.90. The Bertz CT molecular complexity index is 1180. The second kappa shape index (κ2) is 8.99. The minimum Gasteiger partial charge on any atom is -0.465 e. The Kier molecular flexibility index (Phi) is 6.56. The maximum Gasteiger partial charge on any atom is 0.337 e. The molecule has 0 spiro atoms. The topological polar surface area (TPSA) is 103 Å². The van der Waals surface area contributed by atoms with E-state index in [1.54, 1.807) is 13.0 Å². The Morgan fingerprint density at radius 2 is 1.84 bits per heavy atom. The summed E-state index contributed by atoms with van der Waals surface area (Å²) in [5, 5.41) is 3.97. The van der Waals surface area contributed by atoms with Crippen LogP contribution in [-0.4, -0.2) is 43.0 Å². The van der Waals surface area contributed by atoms with Gasteiger partial charge in [-0.25, -0.2) is 13.2 Å². The lowest BCUT2D eigenvalue weighted by atomic mass is 10.0. The molecule has 0 saturated carbocycles. The van der Waals surface area contributed by atoms with E-state index in [-0.39, 0.29) is 22.9 Å². The van der Waals surface area contributed by atoms with Gasteiger partial charge in [-0.3, -0.25) is 0 Å². The number of rotatable bonds is 7. The zero-order valence-electron chi connectivity index (χ0n) is 18.1. The minimum absolute atomic E-state index is 0.0157. The maximum atomic E-state index is 13.1. The molecule has 0 aliphatic carbocycles. The molecule has 0 aliphatic rings. The van der Waals surface area contributed by atoms with Gasteiger partial charge in [0.15, 0.2) is 0 Å². The van der Waals surface area contributed by atoms with Crippen molar-refractivity contribution in [3.8, 4) is 11.4 Å². The summed E-state index contributed by atoms with van der Waals surface area (Å²) in [5.74, 6) is 0.356. The van der Waals surface area contributed by atoms with Crippen LogP contribution in [0.1, 0.15) is 47.1 Å². The molecule has 0 fully saturated rings. The lowest BCUT2D eigenvalue weighted by Crippen LogP contribution is -2.27. The summed E-state index contributed by atoms with van der Waals surface area (Å²) in [6, 6.07) is 12.2. The van der Waals surface area contributed by atoms with Gasteiger partial charge in [0.05, 0.1) is 24.1 Å². The number of hydrogen-bond donors (Lipinski definition) is 0. The fraction of sp³-hybridized carbons (Fsp3) is 0.318. The molecule has 0 bridgehead atoms. The van der Waals surface area contributed by atoms with E-state index in [0.717, 1.165) is 9.87 Å². The third-order valence-electron chi connectivity index (χ3n) is 4.96. The third kappa shape index (κ3) is 4.83. The Balaban J connectivity index is 1.81. The fourth-order valence-electron chi connectivity index (χ4n) is 3.02. The summed E-state index contributed by atoms with van der Waals surface area (Å²) >= 11 is 0. The van der Waals surface area contributed by atoms with Crippen LogP contribution in [0.5, 0.6) is 0 Å². The average Bonchev–Trinajstić information content (AvgIpc) is 3.21. The molecule has 0 saturated heterocycles. The number of nitrogens with zero attached hydrogens (tertiary/aromatic N) is 3. The Hall–Kier alpha value is -3.04. The van der Waals surface area contributed by atoms with Crippen LogP contribution in [0, 0.1) is 6.92 Å². The zero-order valence-corrected chi connectivity index (χ0v) is 18.9. The van der Waals surface area contributed by atoms with Crippen molar-refractivity contribution in [3.05, 3.63) is 65.0 Å². The summed E-state index contributed by atoms with van der Waals surface area (Å²) in [5.41, 5.74) is 2.65. The number of carbonyl (C=O) groups excluding carboxylic acids is 1. The average molecular weight is 444 g/mol. The number of ether oxygens (including phenoxy) is 1. The highest BCUT2D eigenvalue weighted by Crippen LogP contribution is 2.24. The van der Waals surface area contributed by atoms with Crippen LogP contribution in [0.15, 0.2) is 51.9 Å². The van der Waals surface area contributed by atoms with E-state index in [1.165, 1.54) is 31.9 Å². The first-order chi connectivity index (χ1) is 14.6. The Morgan fingerprint density at radius 3 is 2.45 bits per heavy atom. The number of esters is 1. The summed E-state index contributed by atoms with van der Waals surface area (Å²) < 4.78 is 37.2. The highest BCUT2D eigenvalue weighted by atomic mass is 32.2. The summed E-state index contributed by atoms with van der Waals surface area (Å²) in [6.45, 7) is 5.77. The molecule has 0 unspecified atom stereocenters. The van der Waals surface area contributed by atoms with E-state index in [1.807, 2.05) is 24.3 Å². The Labute approximate surface area is 181 Å². The van der Waals surface area contributed by atoms with Crippen molar-refractivity contribution in [1.82, 2.24) is 14.4 Å². The molecule has 0 atom stereocenters. The van der Waals surface area contributed by atoms with Crippen LogP contribution in [0.3, 0.4) is 0 Å². The number of carbonyl (C=O) groups is 1. The van der Waals surface area contributed by atoms with Crippen molar-refractivity contribution in [2.45, 2.75) is 38.1 Å². The first-order valence-corrected chi connectivity index (χ1v) is 11.2. The quantitative estimate of drug-likeness (QED) is 0.512. The van der Waals surface area contributed by atoms with Crippen molar-refractivity contribution < 1.29 is 22.5 Å². The smallest absolute Gasteiger partial charge is 0.337 e. The molecule has 3 rings (SSSR count). The van der Waals surface area contributed by atoms with Crippen molar-refractivity contribution >= 4 is 16.0 Å². The van der Waals surface area contributed by atoms with E-state index < -0.39 is 16.0 Å². The molecule has 0 amide bonds. The van der Waals surface area contributed by atoms with Crippen LogP contribution in [0.25, 0.3) is 11.4 Å². The molecule has 8 nitrogen and oxygen atoms in total. The van der Waals surface area contributed by atoms with Gasteiger partial charge < -0.3 is 9.26 Å². The molecule has 2 aromatic carbocycles. The maximum absolute atomic E-state index is 13.1. The SMILES string of the molecule is COC(=O)c1ccc(C)c(S(=O)(=O)N(C)Cc2nc(-c3ccc(C(C)C)cc3)no2)c1. The van der Waals surface area contributed by atoms with Crippen molar-refractivity contribution in [2.75, 3.05) is 14.2 Å². The van der Waals surface area contributed by atoms with Gasteiger partial charge in [-0.15, -0.1) is 0 Å². The molecule has 0 N–H and O–H groups in total. The molecule has 0 aliphatic heterocycles. The van der Waals surface area contributed by atoms with Gasteiger partial charge in [0, 0.05) is 12.6 Å². The van der Waals surface area contributed by atoms with Crippen molar-refractivity contribution in [2.24, 2.45) is 0 Å². The van der Waals surface area contributed by atoms with E-state index >= 15 is 0 Å². The number of aromatic nitrogens is 2. The second-order valence-electron chi connectivity index (χ2n) is 7.52. The molecule has 1 heterocycles. The first-order valence-electron chi connectivity index (χ1n) is 9.71. The number of methoxy groups -OCH3 is 1. The van der Waals surface area contributed by atoms with Gasteiger partial charge in [-0.2, -0.15) is 9.29 Å².